The normalized spacial score (nSPS) is 17.0. The molecule has 0 aliphatic carbocycles. The van der Waals surface area contributed by atoms with E-state index in [0.717, 1.165) is 11.1 Å². The van der Waals surface area contributed by atoms with Crippen molar-refractivity contribution in [1.29, 1.82) is 0 Å². The number of hydrogen-bond donors (Lipinski definition) is 0. The zero-order chi connectivity index (χ0) is 18.3. The van der Waals surface area contributed by atoms with E-state index in [2.05, 4.69) is 15.0 Å². The van der Waals surface area contributed by atoms with Crippen LogP contribution in [-0.2, 0) is 10.0 Å². The van der Waals surface area contributed by atoms with Crippen LogP contribution >= 0.6 is 0 Å². The van der Waals surface area contributed by atoms with Gasteiger partial charge in [0.15, 0.2) is 5.65 Å². The van der Waals surface area contributed by atoms with Gasteiger partial charge in [-0.05, 0) is 31.7 Å². The summed E-state index contributed by atoms with van der Waals surface area (Å²) < 4.78 is 28.7. The summed E-state index contributed by atoms with van der Waals surface area (Å²) in [5, 5.41) is 4.11. The van der Waals surface area contributed by atoms with Crippen LogP contribution in [-0.4, -0.2) is 65.4 Å². The first kappa shape index (κ1) is 17.1. The zero-order valence-corrected chi connectivity index (χ0v) is 15.6. The Kier molecular flexibility index (Phi) is 4.26. The van der Waals surface area contributed by atoms with Gasteiger partial charge in [-0.25, -0.2) is 12.9 Å². The molecule has 3 heterocycles. The third kappa shape index (κ3) is 3.11. The Morgan fingerprint density at radius 2 is 1.58 bits per heavy atom. The van der Waals surface area contributed by atoms with E-state index in [1.54, 1.807) is 6.07 Å². The second kappa shape index (κ2) is 6.46. The number of likely N-dealkylation sites (N-methyl/N-ethyl adjacent to an activating group) is 1. The molecule has 0 atom stereocenters. The molecule has 26 heavy (non-hydrogen) atoms. The number of aromatic nitrogens is 3. The van der Waals surface area contributed by atoms with E-state index in [9.17, 15) is 8.42 Å². The predicted octanol–water partition coefficient (Wildman–Crippen LogP) is 1.64. The molecule has 1 fully saturated rings. The maximum atomic E-state index is 12.8. The monoisotopic (exact) mass is 371 g/mol. The minimum atomic E-state index is -3.67. The lowest BCUT2D eigenvalue weighted by molar-refractivity contribution is 0.221. The highest BCUT2D eigenvalue weighted by Gasteiger charge is 2.31. The van der Waals surface area contributed by atoms with E-state index >= 15 is 0 Å². The summed E-state index contributed by atoms with van der Waals surface area (Å²) in [6.45, 7) is 4.39. The molecule has 0 spiro atoms. The summed E-state index contributed by atoms with van der Waals surface area (Å²) in [7, 11) is -1.68. The molecule has 0 unspecified atom stereocenters. The second-order valence-corrected chi connectivity index (χ2v) is 8.52. The van der Waals surface area contributed by atoms with Crippen LogP contribution in [0.1, 0.15) is 5.56 Å². The minimum absolute atomic E-state index is 0.136. The summed E-state index contributed by atoms with van der Waals surface area (Å²) in [4.78, 5) is 6.34. The van der Waals surface area contributed by atoms with Crippen LogP contribution in [0.4, 0.5) is 0 Å². The van der Waals surface area contributed by atoms with Crippen LogP contribution in [0.2, 0.25) is 0 Å². The number of benzene rings is 1. The third-order valence-electron chi connectivity index (χ3n) is 4.73. The molecule has 8 heteroatoms. The fraction of sp³-hybridized carbons (Fsp3) is 0.333. The molecular weight excluding hydrogens is 350 g/mol. The van der Waals surface area contributed by atoms with Gasteiger partial charge in [-0.15, -0.1) is 5.10 Å². The largest absolute Gasteiger partial charge is 0.304 e. The van der Waals surface area contributed by atoms with E-state index in [1.807, 2.05) is 50.5 Å². The highest BCUT2D eigenvalue weighted by Crippen LogP contribution is 2.21. The van der Waals surface area contributed by atoms with Crippen molar-refractivity contribution in [2.24, 2.45) is 0 Å². The first-order chi connectivity index (χ1) is 12.4. The molecule has 0 amide bonds. The van der Waals surface area contributed by atoms with Crippen molar-refractivity contribution in [3.63, 3.8) is 0 Å². The standard InChI is InChI=1S/C18H21N5O2S/c1-14-3-5-15(6-4-14)16-7-8-17-19-18(20-23(17)13-16)26(24,25)22-11-9-21(2)10-12-22/h3-8,13H,9-12H2,1-2H3. The second-order valence-electron chi connectivity index (χ2n) is 6.69. The fourth-order valence-corrected chi connectivity index (χ4v) is 4.31. The van der Waals surface area contributed by atoms with E-state index in [1.165, 1.54) is 14.4 Å². The number of hydrogen-bond acceptors (Lipinski definition) is 5. The van der Waals surface area contributed by atoms with E-state index < -0.39 is 10.0 Å². The molecule has 1 saturated heterocycles. The van der Waals surface area contributed by atoms with Crippen LogP contribution < -0.4 is 0 Å². The van der Waals surface area contributed by atoms with E-state index in [0.29, 0.717) is 31.8 Å². The van der Waals surface area contributed by atoms with Crippen LogP contribution in [0.3, 0.4) is 0 Å². The Labute approximate surface area is 152 Å². The molecule has 0 radical (unpaired) electrons. The Bertz CT molecular complexity index is 1040. The number of sulfonamides is 1. The van der Waals surface area contributed by atoms with Crippen molar-refractivity contribution < 1.29 is 8.42 Å². The van der Waals surface area contributed by atoms with Crippen molar-refractivity contribution in [2.45, 2.75) is 12.1 Å². The van der Waals surface area contributed by atoms with E-state index in [4.69, 9.17) is 0 Å². The molecule has 1 aromatic carbocycles. The maximum Gasteiger partial charge on any atom is 0.283 e. The number of aryl methyl sites for hydroxylation is 1. The summed E-state index contributed by atoms with van der Waals surface area (Å²) in [6, 6.07) is 11.9. The average Bonchev–Trinajstić information content (AvgIpc) is 3.07. The molecule has 4 rings (SSSR count). The van der Waals surface area contributed by atoms with Crippen LogP contribution in [0.5, 0.6) is 0 Å². The molecule has 0 bridgehead atoms. The number of piperazine rings is 1. The number of pyridine rings is 1. The fourth-order valence-electron chi connectivity index (χ4n) is 3.03. The first-order valence-corrected chi connectivity index (χ1v) is 10.00. The lowest BCUT2D eigenvalue weighted by Gasteiger charge is -2.30. The van der Waals surface area contributed by atoms with Gasteiger partial charge in [0.2, 0.25) is 0 Å². The van der Waals surface area contributed by atoms with Gasteiger partial charge in [0.05, 0.1) is 0 Å². The van der Waals surface area contributed by atoms with Crippen molar-refractivity contribution in [3.8, 4) is 11.1 Å². The molecule has 1 aliphatic rings. The summed E-state index contributed by atoms with van der Waals surface area (Å²) >= 11 is 0. The van der Waals surface area contributed by atoms with Crippen molar-refractivity contribution in [3.05, 3.63) is 48.2 Å². The Morgan fingerprint density at radius 1 is 0.923 bits per heavy atom. The highest BCUT2D eigenvalue weighted by atomic mass is 32.2. The quantitative estimate of drug-likeness (QED) is 0.700. The zero-order valence-electron chi connectivity index (χ0n) is 14.8. The summed E-state index contributed by atoms with van der Waals surface area (Å²) in [5.41, 5.74) is 3.73. The third-order valence-corrected chi connectivity index (χ3v) is 6.41. The van der Waals surface area contributed by atoms with Gasteiger partial charge >= 0.3 is 0 Å². The summed E-state index contributed by atoms with van der Waals surface area (Å²) in [6.07, 6.45) is 1.82. The van der Waals surface area contributed by atoms with Crippen molar-refractivity contribution >= 4 is 15.7 Å². The van der Waals surface area contributed by atoms with Gasteiger partial charge in [0, 0.05) is 37.9 Å². The first-order valence-electron chi connectivity index (χ1n) is 8.56. The Balaban J connectivity index is 1.68. The van der Waals surface area contributed by atoms with Crippen molar-refractivity contribution in [2.75, 3.05) is 33.2 Å². The maximum absolute atomic E-state index is 12.8. The van der Waals surface area contributed by atoms with Gasteiger partial charge in [-0.3, -0.25) is 0 Å². The van der Waals surface area contributed by atoms with Gasteiger partial charge in [0.1, 0.15) is 0 Å². The van der Waals surface area contributed by atoms with Gasteiger partial charge in [-0.1, -0.05) is 29.8 Å². The molecule has 7 nitrogen and oxygen atoms in total. The SMILES string of the molecule is Cc1ccc(-c2ccc3nc(S(=O)(=O)N4CCN(C)CC4)nn3c2)cc1. The van der Waals surface area contributed by atoms with Crippen LogP contribution in [0, 0.1) is 6.92 Å². The highest BCUT2D eigenvalue weighted by molar-refractivity contribution is 7.89. The molecule has 136 valence electrons. The van der Waals surface area contributed by atoms with Gasteiger partial charge in [-0.2, -0.15) is 9.29 Å². The lowest BCUT2D eigenvalue weighted by Crippen LogP contribution is -2.47. The molecule has 2 aromatic heterocycles. The molecular formula is C18H21N5O2S. The minimum Gasteiger partial charge on any atom is -0.304 e. The van der Waals surface area contributed by atoms with Crippen LogP contribution in [0.15, 0.2) is 47.8 Å². The topological polar surface area (TPSA) is 70.8 Å². The smallest absolute Gasteiger partial charge is 0.283 e. The van der Waals surface area contributed by atoms with Gasteiger partial charge in [0.25, 0.3) is 15.2 Å². The lowest BCUT2D eigenvalue weighted by atomic mass is 10.1. The molecule has 0 saturated carbocycles. The molecule has 1 aliphatic heterocycles. The van der Waals surface area contributed by atoms with Gasteiger partial charge < -0.3 is 4.90 Å². The van der Waals surface area contributed by atoms with E-state index in [-0.39, 0.29) is 5.16 Å². The predicted molar refractivity (Wildman–Crippen MR) is 99.4 cm³/mol. The number of nitrogens with zero attached hydrogens (tertiary/aromatic N) is 5. The number of fused-ring (bicyclic) bond motifs is 1. The Morgan fingerprint density at radius 3 is 2.27 bits per heavy atom. The Hall–Kier alpha value is -2.29. The molecule has 3 aromatic rings. The number of rotatable bonds is 3. The average molecular weight is 371 g/mol. The van der Waals surface area contributed by atoms with Crippen molar-refractivity contribution in [1.82, 2.24) is 23.8 Å². The molecule has 0 N–H and O–H groups in total. The van der Waals surface area contributed by atoms with Crippen LogP contribution in [0.25, 0.3) is 16.8 Å². The summed E-state index contributed by atoms with van der Waals surface area (Å²) in [5.74, 6) is 0.